The zero-order chi connectivity index (χ0) is 13.1. The molecule has 100 valence electrons. The molecule has 0 bridgehead atoms. The second-order valence-corrected chi connectivity index (χ2v) is 5.32. The molecule has 2 heterocycles. The molecule has 4 nitrogen and oxygen atoms in total. The number of aromatic nitrogens is 1. The van der Waals surface area contributed by atoms with Gasteiger partial charge in [-0.2, -0.15) is 0 Å². The summed E-state index contributed by atoms with van der Waals surface area (Å²) in [6.07, 6.45) is 1.86. The molecule has 1 atom stereocenters. The maximum absolute atomic E-state index is 6.02. The van der Waals surface area contributed by atoms with Crippen molar-refractivity contribution in [2.75, 3.05) is 31.1 Å². The molecule has 1 aromatic rings. The van der Waals surface area contributed by atoms with Crippen LogP contribution < -0.4 is 10.6 Å². The zero-order valence-corrected chi connectivity index (χ0v) is 11.6. The van der Waals surface area contributed by atoms with Gasteiger partial charge in [-0.05, 0) is 26.8 Å². The second kappa shape index (κ2) is 5.67. The second-order valence-electron chi connectivity index (χ2n) is 5.32. The molecule has 0 spiro atoms. The standard InChI is InChI=1S/C14H24N4/c1-11(2)17-7-9-18(10-8-17)14-13(12(3)15)5-4-6-16-14/h4-6,11-12H,7-10,15H2,1-3H3. The van der Waals surface area contributed by atoms with Crippen molar-refractivity contribution in [3.05, 3.63) is 23.9 Å². The average molecular weight is 248 g/mol. The molecule has 4 heteroatoms. The van der Waals surface area contributed by atoms with Gasteiger partial charge in [0.2, 0.25) is 0 Å². The zero-order valence-electron chi connectivity index (χ0n) is 11.6. The van der Waals surface area contributed by atoms with Gasteiger partial charge in [0.1, 0.15) is 5.82 Å². The maximum Gasteiger partial charge on any atom is 0.133 e. The third kappa shape index (κ3) is 2.82. The van der Waals surface area contributed by atoms with E-state index in [-0.39, 0.29) is 6.04 Å². The summed E-state index contributed by atoms with van der Waals surface area (Å²) in [4.78, 5) is 9.38. The van der Waals surface area contributed by atoms with E-state index in [0.29, 0.717) is 6.04 Å². The Morgan fingerprint density at radius 1 is 1.17 bits per heavy atom. The Kier molecular flexibility index (Phi) is 4.19. The van der Waals surface area contributed by atoms with Gasteiger partial charge in [-0.3, -0.25) is 4.90 Å². The molecular formula is C14H24N4. The smallest absolute Gasteiger partial charge is 0.133 e. The molecule has 1 aromatic heterocycles. The Hall–Kier alpha value is -1.13. The van der Waals surface area contributed by atoms with E-state index < -0.39 is 0 Å². The number of nitrogens with zero attached hydrogens (tertiary/aromatic N) is 3. The van der Waals surface area contributed by atoms with Crippen LogP contribution in [0.5, 0.6) is 0 Å². The van der Waals surface area contributed by atoms with Crippen molar-refractivity contribution in [2.45, 2.75) is 32.9 Å². The summed E-state index contributed by atoms with van der Waals surface area (Å²) in [6.45, 7) is 10.8. The molecule has 1 unspecified atom stereocenters. The summed E-state index contributed by atoms with van der Waals surface area (Å²) < 4.78 is 0. The number of hydrogen-bond acceptors (Lipinski definition) is 4. The highest BCUT2D eigenvalue weighted by molar-refractivity contribution is 5.48. The molecule has 0 amide bonds. The molecule has 0 aliphatic carbocycles. The lowest BCUT2D eigenvalue weighted by Gasteiger charge is -2.38. The van der Waals surface area contributed by atoms with Gasteiger partial charge in [0.05, 0.1) is 0 Å². The Balaban J connectivity index is 2.10. The van der Waals surface area contributed by atoms with Gasteiger partial charge in [0, 0.05) is 50.0 Å². The van der Waals surface area contributed by atoms with Crippen molar-refractivity contribution in [3.63, 3.8) is 0 Å². The molecule has 2 rings (SSSR count). The normalized spacial score (nSPS) is 19.3. The lowest BCUT2D eigenvalue weighted by molar-refractivity contribution is 0.209. The molecule has 1 fully saturated rings. The van der Waals surface area contributed by atoms with Crippen molar-refractivity contribution in [1.82, 2.24) is 9.88 Å². The summed E-state index contributed by atoms with van der Waals surface area (Å²) in [5, 5.41) is 0. The highest BCUT2D eigenvalue weighted by Gasteiger charge is 2.22. The highest BCUT2D eigenvalue weighted by Crippen LogP contribution is 2.23. The Labute approximate surface area is 110 Å². The van der Waals surface area contributed by atoms with Gasteiger partial charge in [0.25, 0.3) is 0 Å². The van der Waals surface area contributed by atoms with Gasteiger partial charge in [-0.1, -0.05) is 6.07 Å². The first kappa shape index (κ1) is 13.3. The van der Waals surface area contributed by atoms with Crippen molar-refractivity contribution in [3.8, 4) is 0 Å². The van der Waals surface area contributed by atoms with E-state index in [1.807, 2.05) is 19.2 Å². The van der Waals surface area contributed by atoms with Crippen LogP contribution in [0, 0.1) is 0 Å². The quantitative estimate of drug-likeness (QED) is 0.883. The average Bonchev–Trinajstić information content (AvgIpc) is 2.39. The molecule has 2 N–H and O–H groups in total. The highest BCUT2D eigenvalue weighted by atomic mass is 15.3. The fourth-order valence-electron chi connectivity index (χ4n) is 2.48. The van der Waals surface area contributed by atoms with Crippen molar-refractivity contribution >= 4 is 5.82 Å². The number of pyridine rings is 1. The molecule has 0 radical (unpaired) electrons. The van der Waals surface area contributed by atoms with Gasteiger partial charge in [0.15, 0.2) is 0 Å². The topological polar surface area (TPSA) is 45.4 Å². The Morgan fingerprint density at radius 2 is 1.83 bits per heavy atom. The minimum atomic E-state index is 0.0387. The van der Waals surface area contributed by atoms with Crippen LogP contribution in [0.25, 0.3) is 0 Å². The first-order valence-electron chi connectivity index (χ1n) is 6.79. The predicted molar refractivity (Wildman–Crippen MR) is 75.8 cm³/mol. The number of anilines is 1. The van der Waals surface area contributed by atoms with E-state index in [1.165, 1.54) is 0 Å². The van der Waals surface area contributed by atoms with Gasteiger partial charge in [-0.25, -0.2) is 4.98 Å². The molecule has 18 heavy (non-hydrogen) atoms. The van der Waals surface area contributed by atoms with Gasteiger partial charge in [-0.15, -0.1) is 0 Å². The van der Waals surface area contributed by atoms with Crippen molar-refractivity contribution in [2.24, 2.45) is 5.73 Å². The Morgan fingerprint density at radius 3 is 2.39 bits per heavy atom. The molecule has 0 aromatic carbocycles. The van der Waals surface area contributed by atoms with E-state index >= 15 is 0 Å². The van der Waals surface area contributed by atoms with Gasteiger partial charge < -0.3 is 10.6 Å². The SMILES string of the molecule is CC(N)c1cccnc1N1CCN(C(C)C)CC1. The predicted octanol–water partition coefficient (Wildman–Crippen LogP) is 1.63. The molecular weight excluding hydrogens is 224 g/mol. The first-order valence-corrected chi connectivity index (χ1v) is 6.79. The Bertz CT molecular complexity index is 381. The van der Waals surface area contributed by atoms with Crippen molar-refractivity contribution in [1.29, 1.82) is 0 Å². The first-order chi connectivity index (χ1) is 8.59. The van der Waals surface area contributed by atoms with Crippen LogP contribution >= 0.6 is 0 Å². The fourth-order valence-corrected chi connectivity index (χ4v) is 2.48. The monoisotopic (exact) mass is 248 g/mol. The molecule has 1 saturated heterocycles. The third-order valence-corrected chi connectivity index (χ3v) is 3.65. The minimum absolute atomic E-state index is 0.0387. The van der Waals surface area contributed by atoms with Crippen LogP contribution in [0.3, 0.4) is 0 Å². The van der Waals surface area contributed by atoms with Crippen LogP contribution in [0.15, 0.2) is 18.3 Å². The maximum atomic E-state index is 6.02. The van der Waals surface area contributed by atoms with Crippen LogP contribution in [0.1, 0.15) is 32.4 Å². The third-order valence-electron chi connectivity index (χ3n) is 3.65. The summed E-state index contributed by atoms with van der Waals surface area (Å²) in [5.41, 5.74) is 7.17. The minimum Gasteiger partial charge on any atom is -0.354 e. The summed E-state index contributed by atoms with van der Waals surface area (Å²) in [5.74, 6) is 1.07. The largest absolute Gasteiger partial charge is 0.354 e. The lowest BCUT2D eigenvalue weighted by atomic mass is 10.1. The van der Waals surface area contributed by atoms with E-state index in [2.05, 4.69) is 34.7 Å². The van der Waals surface area contributed by atoms with Crippen LogP contribution in [0.4, 0.5) is 5.82 Å². The molecule has 0 saturated carbocycles. The fraction of sp³-hybridized carbons (Fsp3) is 0.643. The van der Waals surface area contributed by atoms with E-state index in [9.17, 15) is 0 Å². The number of hydrogen-bond donors (Lipinski definition) is 1. The van der Waals surface area contributed by atoms with E-state index in [1.54, 1.807) is 0 Å². The number of rotatable bonds is 3. The van der Waals surface area contributed by atoms with Crippen LogP contribution in [-0.4, -0.2) is 42.1 Å². The van der Waals surface area contributed by atoms with Crippen molar-refractivity contribution < 1.29 is 0 Å². The van der Waals surface area contributed by atoms with Crippen LogP contribution in [-0.2, 0) is 0 Å². The van der Waals surface area contributed by atoms with E-state index in [4.69, 9.17) is 5.73 Å². The molecule has 1 aliphatic rings. The number of piperazine rings is 1. The number of nitrogens with two attached hydrogens (primary N) is 1. The summed E-state index contributed by atoms with van der Waals surface area (Å²) >= 11 is 0. The summed E-state index contributed by atoms with van der Waals surface area (Å²) in [7, 11) is 0. The van der Waals surface area contributed by atoms with E-state index in [0.717, 1.165) is 37.6 Å². The lowest BCUT2D eigenvalue weighted by Crippen LogP contribution is -2.49. The summed E-state index contributed by atoms with van der Waals surface area (Å²) in [6, 6.07) is 4.72. The van der Waals surface area contributed by atoms with Gasteiger partial charge >= 0.3 is 0 Å². The molecule has 1 aliphatic heterocycles. The van der Waals surface area contributed by atoms with Crippen LogP contribution in [0.2, 0.25) is 0 Å².